The molecule has 0 amide bonds. The van der Waals surface area contributed by atoms with Crippen LogP contribution in [0.5, 0.6) is 0 Å². The van der Waals surface area contributed by atoms with Crippen LogP contribution in [-0.4, -0.2) is 11.7 Å². The Morgan fingerprint density at radius 2 is 1.24 bits per heavy atom. The minimum absolute atomic E-state index is 0.451. The number of hydrogen-bond donors (Lipinski definition) is 1. The van der Waals surface area contributed by atoms with Gasteiger partial charge in [0.15, 0.2) is 5.84 Å². The maximum atomic E-state index is 6.21. The number of nitrogens with two attached hydrogens (primary N) is 1. The second-order valence-electron chi connectivity index (χ2n) is 6.00. The molecule has 0 aliphatic rings. The molecule has 3 aromatic rings. The number of hydrogen-bond acceptors (Lipinski definition) is 1. The maximum absolute atomic E-state index is 6.21. The van der Waals surface area contributed by atoms with Gasteiger partial charge in [0.2, 0.25) is 0 Å². The Morgan fingerprint density at radius 1 is 0.680 bits per heavy atom. The Morgan fingerprint density at radius 3 is 1.84 bits per heavy atom. The highest BCUT2D eigenvalue weighted by Gasteiger charge is 2.06. The van der Waals surface area contributed by atoms with E-state index in [1.807, 2.05) is 78.9 Å². The number of nitrogens with zero attached hydrogens (tertiary/aromatic N) is 2. The van der Waals surface area contributed by atoms with Gasteiger partial charge in [-0.2, -0.15) is 0 Å². The van der Waals surface area contributed by atoms with E-state index in [0.29, 0.717) is 11.7 Å². The van der Waals surface area contributed by atoms with Gasteiger partial charge in [0.05, 0.1) is 5.69 Å². The standard InChI is InChI=1S/C22H21N3/c1-16-8-12-19(13-9-16)22(24-20-14-10-17(2)11-15-20)25-21(23)18-6-4-3-5-7-18/h3-15H,1-2H3,(H2,23,24,25). The summed E-state index contributed by atoms with van der Waals surface area (Å²) in [7, 11) is 0. The van der Waals surface area contributed by atoms with Crippen LogP contribution in [0.15, 0.2) is 88.8 Å². The van der Waals surface area contributed by atoms with E-state index in [1.54, 1.807) is 0 Å². The van der Waals surface area contributed by atoms with Crippen molar-refractivity contribution in [2.24, 2.45) is 15.7 Å². The molecule has 0 aliphatic heterocycles. The molecule has 2 N–H and O–H groups in total. The molecule has 0 saturated heterocycles. The molecule has 124 valence electrons. The van der Waals surface area contributed by atoms with E-state index in [-0.39, 0.29) is 0 Å². The van der Waals surface area contributed by atoms with Crippen molar-refractivity contribution in [1.82, 2.24) is 0 Å². The molecule has 0 aromatic heterocycles. The van der Waals surface area contributed by atoms with Crippen LogP contribution < -0.4 is 5.73 Å². The third-order valence-electron chi connectivity index (χ3n) is 3.87. The maximum Gasteiger partial charge on any atom is 0.162 e. The number of benzene rings is 3. The molecular weight excluding hydrogens is 306 g/mol. The Labute approximate surface area is 148 Å². The first-order chi connectivity index (χ1) is 12.1. The molecule has 3 heteroatoms. The summed E-state index contributed by atoms with van der Waals surface area (Å²) in [5, 5.41) is 0. The van der Waals surface area contributed by atoms with Gasteiger partial charge in [-0.25, -0.2) is 9.98 Å². The highest BCUT2D eigenvalue weighted by molar-refractivity contribution is 6.11. The van der Waals surface area contributed by atoms with Gasteiger partial charge in [0, 0.05) is 11.1 Å². The summed E-state index contributed by atoms with van der Waals surface area (Å²) in [6.45, 7) is 4.11. The van der Waals surface area contributed by atoms with Gasteiger partial charge in [-0.15, -0.1) is 0 Å². The number of aryl methyl sites for hydroxylation is 2. The number of amidine groups is 2. The van der Waals surface area contributed by atoms with Crippen LogP contribution in [0.2, 0.25) is 0 Å². The largest absolute Gasteiger partial charge is 0.383 e. The van der Waals surface area contributed by atoms with Gasteiger partial charge >= 0.3 is 0 Å². The van der Waals surface area contributed by atoms with Crippen molar-refractivity contribution < 1.29 is 0 Å². The average molecular weight is 327 g/mol. The highest BCUT2D eigenvalue weighted by Crippen LogP contribution is 2.16. The summed E-state index contributed by atoms with van der Waals surface area (Å²) >= 11 is 0. The Balaban J connectivity index is 2.05. The first-order valence-corrected chi connectivity index (χ1v) is 8.24. The first kappa shape index (κ1) is 16.7. The molecule has 0 heterocycles. The number of aliphatic imine (C=N–C) groups is 2. The second-order valence-corrected chi connectivity index (χ2v) is 6.00. The summed E-state index contributed by atoms with van der Waals surface area (Å²) in [4.78, 5) is 9.32. The minimum Gasteiger partial charge on any atom is -0.383 e. The van der Waals surface area contributed by atoms with Gasteiger partial charge in [-0.05, 0) is 26.0 Å². The topological polar surface area (TPSA) is 50.7 Å². The normalized spacial score (nSPS) is 12.2. The fraction of sp³-hybridized carbons (Fsp3) is 0.0909. The summed E-state index contributed by atoms with van der Waals surface area (Å²) in [6, 6.07) is 25.9. The molecule has 3 rings (SSSR count). The van der Waals surface area contributed by atoms with E-state index >= 15 is 0 Å². The van der Waals surface area contributed by atoms with Crippen LogP contribution in [0.3, 0.4) is 0 Å². The molecule has 3 aromatic carbocycles. The zero-order valence-electron chi connectivity index (χ0n) is 14.5. The van der Waals surface area contributed by atoms with Crippen molar-refractivity contribution in [3.05, 3.63) is 101 Å². The summed E-state index contributed by atoms with van der Waals surface area (Å²) in [6.07, 6.45) is 0. The molecule has 0 fully saturated rings. The lowest BCUT2D eigenvalue weighted by atomic mass is 10.1. The van der Waals surface area contributed by atoms with E-state index in [2.05, 4.69) is 18.8 Å². The zero-order chi connectivity index (χ0) is 17.6. The SMILES string of the molecule is Cc1ccc(N=C(N=C(N)c2ccccc2)c2ccc(C)cc2)cc1. The van der Waals surface area contributed by atoms with Crippen molar-refractivity contribution in [3.8, 4) is 0 Å². The van der Waals surface area contributed by atoms with Crippen molar-refractivity contribution in [1.29, 1.82) is 0 Å². The Bertz CT molecular complexity index is 890. The van der Waals surface area contributed by atoms with Crippen LogP contribution in [0.1, 0.15) is 22.3 Å². The van der Waals surface area contributed by atoms with Crippen LogP contribution in [-0.2, 0) is 0 Å². The molecule has 25 heavy (non-hydrogen) atoms. The van der Waals surface area contributed by atoms with E-state index < -0.39 is 0 Å². The van der Waals surface area contributed by atoms with Gasteiger partial charge < -0.3 is 5.73 Å². The molecular formula is C22H21N3. The van der Waals surface area contributed by atoms with Crippen LogP contribution in [0, 0.1) is 13.8 Å². The van der Waals surface area contributed by atoms with Crippen molar-refractivity contribution in [2.75, 3.05) is 0 Å². The fourth-order valence-corrected chi connectivity index (χ4v) is 2.39. The lowest BCUT2D eigenvalue weighted by Gasteiger charge is -2.06. The summed E-state index contributed by atoms with van der Waals surface area (Å²) in [5.74, 6) is 1.05. The van der Waals surface area contributed by atoms with Gasteiger partial charge in [-0.3, -0.25) is 0 Å². The van der Waals surface area contributed by atoms with E-state index in [1.165, 1.54) is 11.1 Å². The smallest absolute Gasteiger partial charge is 0.162 e. The lowest BCUT2D eigenvalue weighted by Crippen LogP contribution is -2.16. The Hall–Kier alpha value is -3.20. The van der Waals surface area contributed by atoms with Crippen molar-refractivity contribution in [2.45, 2.75) is 13.8 Å². The van der Waals surface area contributed by atoms with Crippen LogP contribution in [0.25, 0.3) is 0 Å². The zero-order valence-corrected chi connectivity index (χ0v) is 14.5. The first-order valence-electron chi connectivity index (χ1n) is 8.24. The van der Waals surface area contributed by atoms with Crippen LogP contribution in [0.4, 0.5) is 5.69 Å². The summed E-state index contributed by atoms with van der Waals surface area (Å²) in [5.41, 5.74) is 11.3. The predicted octanol–water partition coefficient (Wildman–Crippen LogP) is 4.79. The van der Waals surface area contributed by atoms with E-state index in [9.17, 15) is 0 Å². The van der Waals surface area contributed by atoms with Gasteiger partial charge in [0.25, 0.3) is 0 Å². The second kappa shape index (κ2) is 7.58. The highest BCUT2D eigenvalue weighted by atomic mass is 15.0. The average Bonchev–Trinajstić information content (AvgIpc) is 2.64. The third kappa shape index (κ3) is 4.42. The van der Waals surface area contributed by atoms with E-state index in [0.717, 1.165) is 16.8 Å². The van der Waals surface area contributed by atoms with Gasteiger partial charge in [-0.1, -0.05) is 77.9 Å². The number of rotatable bonds is 3. The molecule has 0 bridgehead atoms. The molecule has 3 nitrogen and oxygen atoms in total. The molecule has 0 spiro atoms. The predicted molar refractivity (Wildman–Crippen MR) is 106 cm³/mol. The molecule has 0 atom stereocenters. The third-order valence-corrected chi connectivity index (χ3v) is 3.87. The van der Waals surface area contributed by atoms with Gasteiger partial charge in [0.1, 0.15) is 5.84 Å². The van der Waals surface area contributed by atoms with Crippen molar-refractivity contribution >= 4 is 17.4 Å². The molecule has 0 unspecified atom stereocenters. The fourth-order valence-electron chi connectivity index (χ4n) is 2.39. The lowest BCUT2D eigenvalue weighted by molar-refractivity contribution is 1.39. The molecule has 0 saturated carbocycles. The summed E-state index contributed by atoms with van der Waals surface area (Å²) < 4.78 is 0. The Kier molecular flexibility index (Phi) is 5.05. The van der Waals surface area contributed by atoms with E-state index in [4.69, 9.17) is 10.7 Å². The molecule has 0 radical (unpaired) electrons. The monoisotopic (exact) mass is 327 g/mol. The van der Waals surface area contributed by atoms with Crippen molar-refractivity contribution in [3.63, 3.8) is 0 Å². The quantitative estimate of drug-likeness (QED) is 0.546. The minimum atomic E-state index is 0.451. The van der Waals surface area contributed by atoms with Crippen LogP contribution >= 0.6 is 0 Å². The molecule has 0 aliphatic carbocycles.